The number of halogens is 1. The van der Waals surface area contributed by atoms with E-state index in [0.29, 0.717) is 24.9 Å². The summed E-state index contributed by atoms with van der Waals surface area (Å²) in [6, 6.07) is 4.85. The molecule has 0 radical (unpaired) electrons. The molecule has 1 saturated heterocycles. The standard InChI is InChI=1S/C12H18ClN3O2S/c1-9-6-10(2)8-16(7-9)19(17,18)15-12-5-3-4-11(13)14-12/h3-5,9-10H,6-8H2,1-2H3,(H,14,15). The number of hydrogen-bond acceptors (Lipinski definition) is 3. The van der Waals surface area contributed by atoms with Gasteiger partial charge in [-0.3, -0.25) is 4.72 Å². The molecule has 1 aromatic rings. The molecule has 2 rings (SSSR count). The van der Waals surface area contributed by atoms with Crippen molar-refractivity contribution in [2.75, 3.05) is 17.8 Å². The van der Waals surface area contributed by atoms with E-state index in [1.807, 2.05) is 0 Å². The van der Waals surface area contributed by atoms with Crippen molar-refractivity contribution in [3.05, 3.63) is 23.4 Å². The molecule has 0 spiro atoms. The third kappa shape index (κ3) is 3.81. The van der Waals surface area contributed by atoms with E-state index in [1.165, 1.54) is 4.31 Å². The van der Waals surface area contributed by atoms with E-state index in [1.54, 1.807) is 18.2 Å². The van der Waals surface area contributed by atoms with Gasteiger partial charge in [-0.25, -0.2) is 4.98 Å². The molecule has 1 aliphatic heterocycles. The van der Waals surface area contributed by atoms with E-state index in [-0.39, 0.29) is 11.0 Å². The molecule has 1 aromatic heterocycles. The molecule has 1 N–H and O–H groups in total. The molecule has 7 heteroatoms. The Kier molecular flexibility index (Phi) is 4.32. The van der Waals surface area contributed by atoms with Gasteiger partial charge in [0.05, 0.1) is 0 Å². The molecule has 0 saturated carbocycles. The summed E-state index contributed by atoms with van der Waals surface area (Å²) in [5.41, 5.74) is 0. The number of anilines is 1. The molecule has 5 nitrogen and oxygen atoms in total. The molecule has 0 amide bonds. The highest BCUT2D eigenvalue weighted by atomic mass is 35.5. The first-order valence-electron chi connectivity index (χ1n) is 6.27. The number of aromatic nitrogens is 1. The van der Waals surface area contributed by atoms with Crippen molar-refractivity contribution in [3.8, 4) is 0 Å². The maximum Gasteiger partial charge on any atom is 0.302 e. The predicted octanol–water partition coefficient (Wildman–Crippen LogP) is 2.37. The van der Waals surface area contributed by atoms with Crippen LogP contribution < -0.4 is 4.72 Å². The fraction of sp³-hybridized carbons (Fsp3) is 0.583. The Balaban J connectivity index is 2.14. The highest BCUT2D eigenvalue weighted by molar-refractivity contribution is 7.90. The van der Waals surface area contributed by atoms with Crippen molar-refractivity contribution in [1.29, 1.82) is 0 Å². The minimum absolute atomic E-state index is 0.248. The molecule has 106 valence electrons. The van der Waals surface area contributed by atoms with E-state index >= 15 is 0 Å². The summed E-state index contributed by atoms with van der Waals surface area (Å²) in [6.07, 6.45) is 1.06. The Morgan fingerprint density at radius 1 is 1.32 bits per heavy atom. The smallest absolute Gasteiger partial charge is 0.254 e. The van der Waals surface area contributed by atoms with Crippen molar-refractivity contribution in [3.63, 3.8) is 0 Å². The summed E-state index contributed by atoms with van der Waals surface area (Å²) < 4.78 is 28.5. The fourth-order valence-electron chi connectivity index (χ4n) is 2.46. The molecule has 0 aromatic carbocycles. The number of rotatable bonds is 3. The molecule has 2 unspecified atom stereocenters. The van der Waals surface area contributed by atoms with Crippen LogP contribution in [0.1, 0.15) is 20.3 Å². The van der Waals surface area contributed by atoms with E-state index in [9.17, 15) is 8.42 Å². The second kappa shape index (κ2) is 5.64. The van der Waals surface area contributed by atoms with Gasteiger partial charge in [0.15, 0.2) is 0 Å². The molecule has 0 bridgehead atoms. The third-order valence-electron chi connectivity index (χ3n) is 3.12. The first-order valence-corrected chi connectivity index (χ1v) is 8.09. The predicted molar refractivity (Wildman–Crippen MR) is 76.3 cm³/mol. The highest BCUT2D eigenvalue weighted by Gasteiger charge is 2.30. The number of nitrogens with one attached hydrogen (secondary N) is 1. The Hall–Kier alpha value is -0.850. The van der Waals surface area contributed by atoms with Crippen LogP contribution >= 0.6 is 11.6 Å². The molecular weight excluding hydrogens is 286 g/mol. The minimum Gasteiger partial charge on any atom is -0.254 e. The highest BCUT2D eigenvalue weighted by Crippen LogP contribution is 2.24. The fourth-order valence-corrected chi connectivity index (χ4v) is 4.04. The Labute approximate surface area is 119 Å². The zero-order valence-corrected chi connectivity index (χ0v) is 12.6. The Bertz CT molecular complexity index is 540. The van der Waals surface area contributed by atoms with Crippen LogP contribution in [0.5, 0.6) is 0 Å². The topological polar surface area (TPSA) is 62.3 Å². The first kappa shape index (κ1) is 14.6. The quantitative estimate of drug-likeness (QED) is 0.872. The number of piperidine rings is 1. The molecule has 1 fully saturated rings. The summed E-state index contributed by atoms with van der Waals surface area (Å²) in [6.45, 7) is 5.21. The van der Waals surface area contributed by atoms with E-state index in [4.69, 9.17) is 11.6 Å². The molecule has 1 aliphatic rings. The lowest BCUT2D eigenvalue weighted by Gasteiger charge is -2.33. The Morgan fingerprint density at radius 3 is 2.53 bits per heavy atom. The van der Waals surface area contributed by atoms with Gasteiger partial charge in [0.1, 0.15) is 11.0 Å². The molecule has 0 aliphatic carbocycles. The maximum atomic E-state index is 12.3. The monoisotopic (exact) mass is 303 g/mol. The first-order chi connectivity index (χ1) is 8.87. The van der Waals surface area contributed by atoms with Crippen molar-refractivity contribution >= 4 is 27.6 Å². The van der Waals surface area contributed by atoms with Gasteiger partial charge < -0.3 is 0 Å². The van der Waals surface area contributed by atoms with Gasteiger partial charge in [0.2, 0.25) is 0 Å². The van der Waals surface area contributed by atoms with Gasteiger partial charge in [-0.1, -0.05) is 31.5 Å². The third-order valence-corrected chi connectivity index (χ3v) is 4.78. The van der Waals surface area contributed by atoms with Crippen LogP contribution in [0.15, 0.2) is 18.2 Å². The van der Waals surface area contributed by atoms with Crippen molar-refractivity contribution < 1.29 is 8.42 Å². The lowest BCUT2D eigenvalue weighted by molar-refractivity contribution is 0.223. The number of nitrogens with zero attached hydrogens (tertiary/aromatic N) is 2. The second-order valence-electron chi connectivity index (χ2n) is 5.22. The van der Waals surface area contributed by atoms with Crippen molar-refractivity contribution in [2.45, 2.75) is 20.3 Å². The lowest BCUT2D eigenvalue weighted by atomic mass is 9.94. The maximum absolute atomic E-state index is 12.3. The minimum atomic E-state index is -3.56. The van der Waals surface area contributed by atoms with Crippen LogP contribution in [0.3, 0.4) is 0 Å². The summed E-state index contributed by atoms with van der Waals surface area (Å²) in [4.78, 5) is 3.94. The van der Waals surface area contributed by atoms with E-state index in [2.05, 4.69) is 23.6 Å². The van der Waals surface area contributed by atoms with Crippen molar-refractivity contribution in [2.24, 2.45) is 11.8 Å². The van der Waals surface area contributed by atoms with Crippen LogP contribution in [-0.2, 0) is 10.2 Å². The van der Waals surface area contributed by atoms with Gasteiger partial charge in [0.25, 0.3) is 0 Å². The summed E-state index contributed by atoms with van der Waals surface area (Å²) in [5.74, 6) is 0.985. The summed E-state index contributed by atoms with van der Waals surface area (Å²) in [5, 5.41) is 0.264. The molecule has 2 atom stereocenters. The van der Waals surface area contributed by atoms with Crippen LogP contribution in [0.25, 0.3) is 0 Å². The average molecular weight is 304 g/mol. The van der Waals surface area contributed by atoms with Crippen LogP contribution in [0.2, 0.25) is 5.15 Å². The molecule has 2 heterocycles. The number of pyridine rings is 1. The van der Waals surface area contributed by atoms with Crippen LogP contribution in [0, 0.1) is 11.8 Å². The zero-order valence-electron chi connectivity index (χ0n) is 11.0. The Morgan fingerprint density at radius 2 is 1.95 bits per heavy atom. The normalized spacial score (nSPS) is 25.2. The zero-order chi connectivity index (χ0) is 14.0. The van der Waals surface area contributed by atoms with Gasteiger partial charge in [-0.15, -0.1) is 0 Å². The summed E-state index contributed by atoms with van der Waals surface area (Å²) in [7, 11) is -3.56. The van der Waals surface area contributed by atoms with Gasteiger partial charge in [-0.2, -0.15) is 12.7 Å². The van der Waals surface area contributed by atoms with Crippen LogP contribution in [0.4, 0.5) is 5.82 Å². The van der Waals surface area contributed by atoms with Gasteiger partial charge in [0, 0.05) is 13.1 Å². The second-order valence-corrected chi connectivity index (χ2v) is 7.27. The largest absolute Gasteiger partial charge is 0.302 e. The van der Waals surface area contributed by atoms with Crippen molar-refractivity contribution in [1.82, 2.24) is 9.29 Å². The SMILES string of the molecule is CC1CC(C)CN(S(=O)(=O)Nc2cccc(Cl)n2)C1. The van der Waals surface area contributed by atoms with Crippen LogP contribution in [-0.4, -0.2) is 30.8 Å². The molecule has 19 heavy (non-hydrogen) atoms. The van der Waals surface area contributed by atoms with Gasteiger partial charge >= 0.3 is 10.2 Å². The van der Waals surface area contributed by atoms with E-state index in [0.717, 1.165) is 6.42 Å². The average Bonchev–Trinajstić information content (AvgIpc) is 2.26. The molecular formula is C12H18ClN3O2S. The number of hydrogen-bond donors (Lipinski definition) is 1. The summed E-state index contributed by atoms with van der Waals surface area (Å²) >= 11 is 5.75. The van der Waals surface area contributed by atoms with E-state index < -0.39 is 10.2 Å². The van der Waals surface area contributed by atoms with Gasteiger partial charge in [-0.05, 0) is 30.4 Å². The lowest BCUT2D eigenvalue weighted by Crippen LogP contribution is -2.45.